The van der Waals surface area contributed by atoms with Crippen LogP contribution in [-0.2, 0) is 38.6 Å². The van der Waals surface area contributed by atoms with Crippen LogP contribution in [0.3, 0.4) is 0 Å². The Hall–Kier alpha value is -4.71. The minimum absolute atomic E-state index is 0.0196. The summed E-state index contributed by atoms with van der Waals surface area (Å²) in [4.78, 5) is 60.1. The number of aromatic nitrogens is 2. The summed E-state index contributed by atoms with van der Waals surface area (Å²) in [6.07, 6.45) is 2.47. The van der Waals surface area contributed by atoms with Crippen LogP contribution >= 0.6 is 0 Å². The number of alkyl carbamates (subject to hydrolysis) is 1. The van der Waals surface area contributed by atoms with Crippen molar-refractivity contribution < 1.29 is 29.0 Å². The van der Waals surface area contributed by atoms with Crippen LogP contribution in [0, 0.1) is 11.8 Å². The van der Waals surface area contributed by atoms with E-state index >= 15 is 0 Å². The molecule has 3 aromatic rings. The van der Waals surface area contributed by atoms with E-state index in [0.29, 0.717) is 24.6 Å². The number of carbonyl (C=O) groups excluding carboxylic acids is 4. The Morgan fingerprint density at radius 2 is 1.48 bits per heavy atom. The molecule has 12 heteroatoms. The van der Waals surface area contributed by atoms with Crippen molar-refractivity contribution in [2.75, 3.05) is 6.54 Å². The molecule has 0 saturated heterocycles. The molecule has 6 N–H and O–H groups in total. The van der Waals surface area contributed by atoms with Crippen LogP contribution in [0.15, 0.2) is 73.2 Å². The van der Waals surface area contributed by atoms with Crippen molar-refractivity contribution in [3.63, 3.8) is 0 Å². The standard InChI is InChI=1S/C36H50N6O6/c1-5-25(4)20-38-33(44)19-32(43)29(16-24(2)3)40-35(46)31(18-28-21-37-23-39-28)41-34(45)30(17-26-12-8-6-9-13-26)42-36(47)48-22-27-14-10-7-11-15-27/h6-15,21,23-25,29-32,43H,5,16-20,22H2,1-4H3,(H,37,39)(H,38,44)(H,40,46)(H,41,45)(H,42,47)/t25?,29-,30-,31-,32-/m0/s1. The monoisotopic (exact) mass is 662 g/mol. The molecule has 0 aliphatic rings. The van der Waals surface area contributed by atoms with Gasteiger partial charge in [0.1, 0.15) is 18.7 Å². The van der Waals surface area contributed by atoms with Crippen molar-refractivity contribution in [3.05, 3.63) is 90.0 Å². The van der Waals surface area contributed by atoms with Gasteiger partial charge in [0.25, 0.3) is 0 Å². The van der Waals surface area contributed by atoms with Crippen LogP contribution in [0.1, 0.15) is 63.8 Å². The van der Waals surface area contributed by atoms with Gasteiger partial charge in [-0.3, -0.25) is 14.4 Å². The van der Waals surface area contributed by atoms with Gasteiger partial charge in [-0.15, -0.1) is 0 Å². The van der Waals surface area contributed by atoms with E-state index < -0.39 is 42.1 Å². The maximum absolute atomic E-state index is 13.8. The first kappa shape index (κ1) is 37.7. The van der Waals surface area contributed by atoms with Gasteiger partial charge < -0.3 is 36.1 Å². The number of nitrogens with one attached hydrogen (secondary N) is 5. The maximum Gasteiger partial charge on any atom is 0.408 e. The van der Waals surface area contributed by atoms with Crippen molar-refractivity contribution in [2.45, 2.75) is 90.6 Å². The highest BCUT2D eigenvalue weighted by Gasteiger charge is 2.31. The van der Waals surface area contributed by atoms with Gasteiger partial charge in [-0.2, -0.15) is 0 Å². The summed E-state index contributed by atoms with van der Waals surface area (Å²) < 4.78 is 5.38. The van der Waals surface area contributed by atoms with Gasteiger partial charge in [0, 0.05) is 25.6 Å². The van der Waals surface area contributed by atoms with Crippen LogP contribution in [-0.4, -0.2) is 69.7 Å². The van der Waals surface area contributed by atoms with E-state index in [4.69, 9.17) is 4.74 Å². The Bertz CT molecular complexity index is 1400. The van der Waals surface area contributed by atoms with E-state index in [-0.39, 0.29) is 37.7 Å². The van der Waals surface area contributed by atoms with Crippen LogP contribution in [0.2, 0.25) is 0 Å². The van der Waals surface area contributed by atoms with Crippen molar-refractivity contribution in [1.29, 1.82) is 0 Å². The lowest BCUT2D eigenvalue weighted by atomic mass is 9.96. The minimum atomic E-state index is -1.15. The number of aliphatic hydroxyl groups is 1. The lowest BCUT2D eigenvalue weighted by Gasteiger charge is -2.29. The largest absolute Gasteiger partial charge is 0.445 e. The molecule has 2 aromatic carbocycles. The Morgan fingerprint density at radius 1 is 0.854 bits per heavy atom. The van der Waals surface area contributed by atoms with Crippen LogP contribution < -0.4 is 21.3 Å². The van der Waals surface area contributed by atoms with Crippen LogP contribution in [0.5, 0.6) is 0 Å². The van der Waals surface area contributed by atoms with Gasteiger partial charge >= 0.3 is 6.09 Å². The van der Waals surface area contributed by atoms with E-state index in [9.17, 15) is 24.3 Å². The third kappa shape index (κ3) is 13.6. The number of hydrogen-bond acceptors (Lipinski definition) is 7. The molecule has 0 saturated carbocycles. The fourth-order valence-corrected chi connectivity index (χ4v) is 5.00. The Kier molecular flexibility index (Phi) is 15.6. The Labute approximate surface area is 282 Å². The van der Waals surface area contributed by atoms with Crippen LogP contribution in [0.25, 0.3) is 0 Å². The van der Waals surface area contributed by atoms with E-state index in [1.54, 1.807) is 6.20 Å². The zero-order chi connectivity index (χ0) is 34.9. The summed E-state index contributed by atoms with van der Waals surface area (Å²) in [5, 5.41) is 22.2. The maximum atomic E-state index is 13.8. The molecule has 1 heterocycles. The highest BCUT2D eigenvalue weighted by Crippen LogP contribution is 2.13. The number of ether oxygens (including phenoxy) is 1. The molecule has 0 bridgehead atoms. The molecular formula is C36H50N6O6. The number of aromatic amines is 1. The summed E-state index contributed by atoms with van der Waals surface area (Å²) in [6, 6.07) is 15.4. The SMILES string of the molecule is CCC(C)CNC(=O)C[C@H](O)[C@H](CC(C)C)NC(=O)[C@H](Cc1c[nH]cn1)NC(=O)[C@H](Cc1ccccc1)NC(=O)OCc1ccccc1. The molecule has 0 aliphatic heterocycles. The highest BCUT2D eigenvalue weighted by atomic mass is 16.5. The number of benzene rings is 2. The second kappa shape index (κ2) is 19.8. The second-order valence-electron chi connectivity index (χ2n) is 12.6. The third-order valence-corrected chi connectivity index (χ3v) is 7.96. The number of amides is 4. The van der Waals surface area contributed by atoms with Crippen molar-refractivity contribution in [1.82, 2.24) is 31.2 Å². The molecule has 3 rings (SSSR count). The Morgan fingerprint density at radius 3 is 2.08 bits per heavy atom. The summed E-state index contributed by atoms with van der Waals surface area (Å²) in [6.45, 7) is 8.49. The topological polar surface area (TPSA) is 175 Å². The lowest BCUT2D eigenvalue weighted by molar-refractivity contribution is -0.131. The molecule has 0 fully saturated rings. The zero-order valence-corrected chi connectivity index (χ0v) is 28.3. The highest BCUT2D eigenvalue weighted by molar-refractivity contribution is 5.91. The minimum Gasteiger partial charge on any atom is -0.445 e. The van der Waals surface area contributed by atoms with E-state index in [2.05, 4.69) is 31.2 Å². The fraction of sp³-hybridized carbons (Fsp3) is 0.472. The summed E-state index contributed by atoms with van der Waals surface area (Å²) in [7, 11) is 0. The normalized spacial score (nSPS) is 14.2. The van der Waals surface area contributed by atoms with E-state index in [0.717, 1.165) is 17.5 Å². The molecule has 0 spiro atoms. The average Bonchev–Trinajstić information content (AvgIpc) is 3.59. The number of hydrogen-bond donors (Lipinski definition) is 6. The predicted molar refractivity (Wildman–Crippen MR) is 182 cm³/mol. The quantitative estimate of drug-likeness (QED) is 0.114. The first-order valence-corrected chi connectivity index (χ1v) is 16.6. The number of nitrogens with zero attached hydrogens (tertiary/aromatic N) is 1. The van der Waals surface area contributed by atoms with Crippen molar-refractivity contribution in [2.24, 2.45) is 11.8 Å². The fourth-order valence-electron chi connectivity index (χ4n) is 5.00. The number of imidazole rings is 1. The zero-order valence-electron chi connectivity index (χ0n) is 28.3. The summed E-state index contributed by atoms with van der Waals surface area (Å²) in [5.74, 6) is -1.07. The number of carbonyl (C=O) groups is 4. The molecule has 260 valence electrons. The molecule has 4 amide bonds. The lowest BCUT2D eigenvalue weighted by Crippen LogP contribution is -2.57. The first-order chi connectivity index (χ1) is 23.0. The Balaban J connectivity index is 1.76. The molecule has 1 unspecified atom stereocenters. The molecule has 1 aromatic heterocycles. The van der Waals surface area contributed by atoms with E-state index in [1.165, 1.54) is 6.33 Å². The van der Waals surface area contributed by atoms with Crippen molar-refractivity contribution >= 4 is 23.8 Å². The van der Waals surface area contributed by atoms with Gasteiger partial charge in [0.05, 0.1) is 30.6 Å². The molecule has 5 atom stereocenters. The molecular weight excluding hydrogens is 612 g/mol. The smallest absolute Gasteiger partial charge is 0.408 e. The van der Waals surface area contributed by atoms with Gasteiger partial charge in [-0.1, -0.05) is 94.8 Å². The molecule has 0 radical (unpaired) electrons. The second-order valence-corrected chi connectivity index (χ2v) is 12.6. The van der Waals surface area contributed by atoms with Gasteiger partial charge in [-0.25, -0.2) is 9.78 Å². The van der Waals surface area contributed by atoms with Gasteiger partial charge in [0.2, 0.25) is 17.7 Å². The summed E-state index contributed by atoms with van der Waals surface area (Å²) >= 11 is 0. The first-order valence-electron chi connectivity index (χ1n) is 16.6. The molecule has 0 aliphatic carbocycles. The average molecular weight is 663 g/mol. The molecule has 12 nitrogen and oxygen atoms in total. The van der Waals surface area contributed by atoms with Crippen LogP contribution in [0.4, 0.5) is 4.79 Å². The van der Waals surface area contributed by atoms with Gasteiger partial charge in [-0.05, 0) is 29.4 Å². The van der Waals surface area contributed by atoms with Gasteiger partial charge in [0.15, 0.2) is 0 Å². The third-order valence-electron chi connectivity index (χ3n) is 7.96. The van der Waals surface area contributed by atoms with Crippen molar-refractivity contribution in [3.8, 4) is 0 Å². The predicted octanol–water partition coefficient (Wildman–Crippen LogP) is 3.42. The molecule has 48 heavy (non-hydrogen) atoms. The van der Waals surface area contributed by atoms with E-state index in [1.807, 2.05) is 88.4 Å². The number of aliphatic hydroxyl groups excluding tert-OH is 1. The number of H-pyrrole nitrogens is 1. The summed E-state index contributed by atoms with van der Waals surface area (Å²) in [5.41, 5.74) is 2.11. The number of rotatable bonds is 19.